The molecule has 0 saturated heterocycles. The summed E-state index contributed by atoms with van der Waals surface area (Å²) >= 11 is 0. The molecule has 1 aromatic carbocycles. The van der Waals surface area contributed by atoms with E-state index < -0.39 is 29.0 Å². The second kappa shape index (κ2) is 8.63. The minimum atomic E-state index is -1.23. The fourth-order valence-corrected chi connectivity index (χ4v) is 3.48. The number of hydrogen-bond acceptors (Lipinski definition) is 6. The van der Waals surface area contributed by atoms with Crippen molar-refractivity contribution >= 4 is 28.5 Å². The zero-order valence-electron chi connectivity index (χ0n) is 17.9. The molecule has 2 aromatic rings. The van der Waals surface area contributed by atoms with Crippen LogP contribution in [0, 0.1) is 12.3 Å². The SMILES string of the molecule is CC(=O)OC1C=CC=CC1(CC=C(C)C)C(=O)Nc1cc2ccc(O)c(C)c2oc1=O. The summed E-state index contributed by atoms with van der Waals surface area (Å²) in [4.78, 5) is 37.7. The molecule has 0 fully saturated rings. The number of aryl methyl sites for hydroxylation is 1. The number of allylic oxidation sites excluding steroid dienone is 4. The van der Waals surface area contributed by atoms with Crippen LogP contribution in [-0.2, 0) is 14.3 Å². The highest BCUT2D eigenvalue weighted by Gasteiger charge is 2.45. The molecule has 3 rings (SSSR count). The first-order chi connectivity index (χ1) is 14.6. The molecule has 1 amide bonds. The van der Waals surface area contributed by atoms with Crippen molar-refractivity contribution in [2.24, 2.45) is 5.41 Å². The Labute approximate surface area is 179 Å². The van der Waals surface area contributed by atoms with Crippen LogP contribution in [0.3, 0.4) is 0 Å². The van der Waals surface area contributed by atoms with Gasteiger partial charge in [0.2, 0.25) is 5.91 Å². The molecular formula is C24H25NO6. The molecule has 1 aliphatic rings. The summed E-state index contributed by atoms with van der Waals surface area (Å²) in [5.74, 6) is -1.00. The van der Waals surface area contributed by atoms with Gasteiger partial charge in [0, 0.05) is 17.9 Å². The lowest BCUT2D eigenvalue weighted by molar-refractivity contribution is -0.151. The lowest BCUT2D eigenvalue weighted by Gasteiger charge is -2.35. The van der Waals surface area contributed by atoms with Crippen LogP contribution in [0.5, 0.6) is 5.75 Å². The van der Waals surface area contributed by atoms with Crippen LogP contribution in [0.15, 0.2) is 63.4 Å². The fourth-order valence-electron chi connectivity index (χ4n) is 3.48. The van der Waals surface area contributed by atoms with E-state index in [1.165, 1.54) is 19.1 Å². The van der Waals surface area contributed by atoms with Crippen LogP contribution in [0.25, 0.3) is 11.0 Å². The van der Waals surface area contributed by atoms with Crippen LogP contribution in [0.2, 0.25) is 0 Å². The van der Waals surface area contributed by atoms with Crippen molar-refractivity contribution in [1.29, 1.82) is 0 Å². The van der Waals surface area contributed by atoms with Crippen LogP contribution in [-0.4, -0.2) is 23.1 Å². The van der Waals surface area contributed by atoms with E-state index >= 15 is 0 Å². The predicted molar refractivity (Wildman–Crippen MR) is 118 cm³/mol. The van der Waals surface area contributed by atoms with Gasteiger partial charge in [-0.25, -0.2) is 4.79 Å². The average Bonchev–Trinajstić information content (AvgIpc) is 2.71. The van der Waals surface area contributed by atoms with E-state index in [1.54, 1.807) is 37.3 Å². The third kappa shape index (κ3) is 4.45. The molecule has 1 heterocycles. The zero-order chi connectivity index (χ0) is 22.8. The Bertz CT molecular complexity index is 1180. The molecule has 162 valence electrons. The summed E-state index contributed by atoms with van der Waals surface area (Å²) in [6.45, 7) is 6.73. The third-order valence-electron chi connectivity index (χ3n) is 5.23. The van der Waals surface area contributed by atoms with E-state index in [1.807, 2.05) is 19.9 Å². The van der Waals surface area contributed by atoms with Gasteiger partial charge in [0.1, 0.15) is 28.5 Å². The van der Waals surface area contributed by atoms with E-state index in [0.717, 1.165) is 5.57 Å². The Morgan fingerprint density at radius 3 is 2.68 bits per heavy atom. The number of benzene rings is 1. The number of esters is 1. The molecule has 0 radical (unpaired) electrons. The summed E-state index contributed by atoms with van der Waals surface area (Å²) < 4.78 is 10.8. The van der Waals surface area contributed by atoms with Crippen molar-refractivity contribution in [3.8, 4) is 5.75 Å². The first-order valence-electron chi connectivity index (χ1n) is 9.88. The van der Waals surface area contributed by atoms with Crippen molar-refractivity contribution in [3.63, 3.8) is 0 Å². The maximum Gasteiger partial charge on any atom is 0.360 e. The number of fused-ring (bicyclic) bond motifs is 1. The number of nitrogens with one attached hydrogen (secondary N) is 1. The van der Waals surface area contributed by atoms with E-state index in [9.17, 15) is 19.5 Å². The Morgan fingerprint density at radius 2 is 2.00 bits per heavy atom. The Morgan fingerprint density at radius 1 is 1.26 bits per heavy atom. The molecule has 1 aromatic heterocycles. The normalized spacial score (nSPS) is 19.8. The topological polar surface area (TPSA) is 106 Å². The van der Waals surface area contributed by atoms with E-state index in [4.69, 9.17) is 9.15 Å². The standard InChI is InChI=1S/C24H25NO6/c1-14(2)10-12-24(11-6-5-7-20(24)30-16(4)26)23(29)25-18-13-17-8-9-19(27)15(3)21(17)31-22(18)28/h5-11,13,20,27H,12H2,1-4H3,(H,25,29). The van der Waals surface area contributed by atoms with Crippen LogP contribution >= 0.6 is 0 Å². The Kier molecular flexibility index (Phi) is 6.15. The molecule has 0 spiro atoms. The van der Waals surface area contributed by atoms with Gasteiger partial charge >= 0.3 is 11.6 Å². The largest absolute Gasteiger partial charge is 0.508 e. The average molecular weight is 423 g/mol. The summed E-state index contributed by atoms with van der Waals surface area (Å²) in [7, 11) is 0. The summed E-state index contributed by atoms with van der Waals surface area (Å²) in [6.07, 6.45) is 8.07. The van der Waals surface area contributed by atoms with Crippen LogP contribution in [0.4, 0.5) is 5.69 Å². The molecule has 7 nitrogen and oxygen atoms in total. The van der Waals surface area contributed by atoms with Crippen LogP contribution in [0.1, 0.15) is 32.8 Å². The van der Waals surface area contributed by atoms with E-state index in [-0.39, 0.29) is 23.4 Å². The van der Waals surface area contributed by atoms with Crippen molar-refractivity contribution in [2.45, 2.75) is 40.2 Å². The number of ether oxygens (including phenoxy) is 1. The van der Waals surface area contributed by atoms with E-state index in [0.29, 0.717) is 10.9 Å². The maximum atomic E-state index is 13.5. The Balaban J connectivity index is 2.04. The first-order valence-corrected chi connectivity index (χ1v) is 9.88. The molecule has 1 aliphatic carbocycles. The van der Waals surface area contributed by atoms with Gasteiger partial charge < -0.3 is 19.6 Å². The Hall–Kier alpha value is -3.61. The molecule has 2 N–H and O–H groups in total. The molecule has 2 atom stereocenters. The fraction of sp³-hybridized carbons (Fsp3) is 0.292. The number of anilines is 1. The quantitative estimate of drug-likeness (QED) is 0.425. The number of carbonyl (C=O) groups is 2. The molecule has 0 saturated carbocycles. The van der Waals surface area contributed by atoms with Crippen molar-refractivity contribution in [3.05, 3.63) is 70.1 Å². The predicted octanol–water partition coefficient (Wildman–Crippen LogP) is 4.15. The number of carbonyl (C=O) groups excluding carboxylic acids is 2. The van der Waals surface area contributed by atoms with Gasteiger partial charge in [-0.05, 0) is 51.5 Å². The number of amides is 1. The lowest BCUT2D eigenvalue weighted by atomic mass is 9.74. The second-order valence-corrected chi connectivity index (χ2v) is 7.83. The summed E-state index contributed by atoms with van der Waals surface area (Å²) in [6, 6.07) is 4.59. The van der Waals surface area contributed by atoms with Gasteiger partial charge in [0.25, 0.3) is 0 Å². The number of rotatable bonds is 5. The minimum absolute atomic E-state index is 0.0106. The minimum Gasteiger partial charge on any atom is -0.508 e. The summed E-state index contributed by atoms with van der Waals surface area (Å²) in [5.41, 5.74) is -0.334. The third-order valence-corrected chi connectivity index (χ3v) is 5.23. The van der Waals surface area contributed by atoms with Gasteiger partial charge in [-0.2, -0.15) is 0 Å². The van der Waals surface area contributed by atoms with Gasteiger partial charge in [-0.15, -0.1) is 0 Å². The number of phenolic OH excluding ortho intramolecular Hbond substituents is 1. The number of phenols is 1. The lowest BCUT2D eigenvalue weighted by Crippen LogP contribution is -2.46. The van der Waals surface area contributed by atoms with Gasteiger partial charge in [-0.1, -0.05) is 29.9 Å². The highest BCUT2D eigenvalue weighted by atomic mass is 16.5. The van der Waals surface area contributed by atoms with Gasteiger partial charge in [0.05, 0.1) is 0 Å². The molecule has 31 heavy (non-hydrogen) atoms. The highest BCUT2D eigenvalue weighted by molar-refractivity contribution is 5.99. The monoisotopic (exact) mass is 423 g/mol. The van der Waals surface area contributed by atoms with Gasteiger partial charge in [-0.3, -0.25) is 9.59 Å². The maximum absolute atomic E-state index is 13.5. The zero-order valence-corrected chi connectivity index (χ0v) is 17.9. The molecular weight excluding hydrogens is 398 g/mol. The molecule has 0 bridgehead atoms. The second-order valence-electron chi connectivity index (χ2n) is 7.83. The first kappa shape index (κ1) is 22.1. The summed E-state index contributed by atoms with van der Waals surface area (Å²) in [5, 5.41) is 13.1. The van der Waals surface area contributed by atoms with Crippen LogP contribution < -0.4 is 10.9 Å². The van der Waals surface area contributed by atoms with E-state index in [2.05, 4.69) is 5.32 Å². The van der Waals surface area contributed by atoms with Crippen molar-refractivity contribution in [2.75, 3.05) is 5.32 Å². The molecule has 7 heteroatoms. The van der Waals surface area contributed by atoms with Gasteiger partial charge in [0.15, 0.2) is 0 Å². The van der Waals surface area contributed by atoms with Crippen molar-refractivity contribution in [1.82, 2.24) is 0 Å². The number of hydrogen-bond donors (Lipinski definition) is 2. The smallest absolute Gasteiger partial charge is 0.360 e. The number of aromatic hydroxyl groups is 1. The highest BCUT2D eigenvalue weighted by Crippen LogP contribution is 2.37. The molecule has 0 aliphatic heterocycles. The molecule has 2 unspecified atom stereocenters. The van der Waals surface area contributed by atoms with Crippen molar-refractivity contribution < 1.29 is 23.8 Å².